The second kappa shape index (κ2) is 7.22. The molecule has 3 aromatic heterocycles. The van der Waals surface area contributed by atoms with Crippen molar-refractivity contribution in [3.8, 4) is 0 Å². The molecule has 1 unspecified atom stereocenters. The predicted octanol–water partition coefficient (Wildman–Crippen LogP) is 2.03. The maximum Gasteiger partial charge on any atom is 0.233 e. The minimum atomic E-state index is 0. The molecular weight excluding hydrogens is 362 g/mol. The van der Waals surface area contributed by atoms with Crippen LogP contribution in [0.4, 0.5) is 0 Å². The molecule has 3 aromatic rings. The molecule has 1 saturated heterocycles. The number of nitrogens with one attached hydrogen (secondary N) is 1. The molecule has 144 valence electrons. The fourth-order valence-corrected chi connectivity index (χ4v) is 4.48. The van der Waals surface area contributed by atoms with Crippen molar-refractivity contribution in [1.82, 2.24) is 34.1 Å². The summed E-state index contributed by atoms with van der Waals surface area (Å²) < 4.78 is 4.12. The SMILES string of the molecule is Cl.Cn1ccnc1CN(Cc1cn2cccnc2n1)C1CC12CCNCC2. The number of nitrogens with zero attached hydrogens (tertiary/aromatic N) is 6. The Labute approximate surface area is 165 Å². The lowest BCUT2D eigenvalue weighted by Crippen LogP contribution is -2.36. The van der Waals surface area contributed by atoms with Crippen molar-refractivity contribution in [2.75, 3.05) is 13.1 Å². The van der Waals surface area contributed by atoms with Gasteiger partial charge in [-0.2, -0.15) is 0 Å². The van der Waals surface area contributed by atoms with E-state index in [0.29, 0.717) is 11.5 Å². The van der Waals surface area contributed by atoms with Crippen molar-refractivity contribution in [2.24, 2.45) is 12.5 Å². The number of fused-ring (bicyclic) bond motifs is 1. The topological polar surface area (TPSA) is 63.3 Å². The van der Waals surface area contributed by atoms with Crippen LogP contribution in [-0.4, -0.2) is 48.0 Å². The second-order valence-electron chi connectivity index (χ2n) is 7.75. The van der Waals surface area contributed by atoms with Crippen LogP contribution in [0.3, 0.4) is 0 Å². The van der Waals surface area contributed by atoms with Gasteiger partial charge in [0.05, 0.1) is 12.2 Å². The first-order valence-corrected chi connectivity index (χ1v) is 9.43. The Morgan fingerprint density at radius 2 is 2.04 bits per heavy atom. The summed E-state index contributed by atoms with van der Waals surface area (Å²) in [5.74, 6) is 1.88. The van der Waals surface area contributed by atoms with Gasteiger partial charge in [0.1, 0.15) is 5.82 Å². The van der Waals surface area contributed by atoms with Crippen molar-refractivity contribution in [3.63, 3.8) is 0 Å². The number of aromatic nitrogens is 5. The van der Waals surface area contributed by atoms with E-state index in [1.54, 1.807) is 6.20 Å². The van der Waals surface area contributed by atoms with E-state index in [2.05, 4.69) is 38.0 Å². The fraction of sp³-hybridized carbons (Fsp3) is 0.526. The zero-order valence-electron chi connectivity index (χ0n) is 15.6. The molecule has 0 bridgehead atoms. The van der Waals surface area contributed by atoms with Crippen LogP contribution in [0.25, 0.3) is 5.78 Å². The maximum atomic E-state index is 4.72. The number of hydrogen-bond donors (Lipinski definition) is 1. The summed E-state index contributed by atoms with van der Waals surface area (Å²) >= 11 is 0. The minimum Gasteiger partial charge on any atom is -0.337 e. The third-order valence-corrected chi connectivity index (χ3v) is 6.10. The van der Waals surface area contributed by atoms with Gasteiger partial charge in [-0.1, -0.05) is 0 Å². The van der Waals surface area contributed by atoms with Gasteiger partial charge in [-0.25, -0.2) is 15.0 Å². The molecule has 7 nitrogen and oxygen atoms in total. The maximum absolute atomic E-state index is 4.72. The normalized spacial score (nSPS) is 20.9. The molecule has 1 atom stereocenters. The Morgan fingerprint density at radius 3 is 2.78 bits per heavy atom. The Kier molecular flexibility index (Phi) is 4.92. The Hall–Kier alpha value is -1.96. The second-order valence-corrected chi connectivity index (χ2v) is 7.75. The molecule has 0 amide bonds. The van der Waals surface area contributed by atoms with Crippen LogP contribution >= 0.6 is 12.4 Å². The summed E-state index contributed by atoms with van der Waals surface area (Å²) in [7, 11) is 2.07. The number of halogens is 1. The Balaban J connectivity index is 0.00000180. The van der Waals surface area contributed by atoms with E-state index in [-0.39, 0.29) is 12.4 Å². The first-order valence-electron chi connectivity index (χ1n) is 9.43. The van der Waals surface area contributed by atoms with Crippen LogP contribution in [0.5, 0.6) is 0 Å². The van der Waals surface area contributed by atoms with Crippen LogP contribution in [0.15, 0.2) is 37.1 Å². The molecule has 0 aromatic carbocycles. The third kappa shape index (κ3) is 3.47. The number of hydrogen-bond acceptors (Lipinski definition) is 5. The van der Waals surface area contributed by atoms with Crippen molar-refractivity contribution in [2.45, 2.75) is 38.4 Å². The molecule has 8 heteroatoms. The molecule has 1 aliphatic carbocycles. The van der Waals surface area contributed by atoms with Crippen LogP contribution in [0.2, 0.25) is 0 Å². The lowest BCUT2D eigenvalue weighted by molar-refractivity contribution is 0.181. The van der Waals surface area contributed by atoms with Crippen molar-refractivity contribution in [1.29, 1.82) is 0 Å². The lowest BCUT2D eigenvalue weighted by Gasteiger charge is -2.29. The van der Waals surface area contributed by atoms with E-state index in [1.807, 2.05) is 29.1 Å². The largest absolute Gasteiger partial charge is 0.337 e. The molecule has 4 heterocycles. The summed E-state index contributed by atoms with van der Waals surface area (Å²) in [6.07, 6.45) is 13.7. The number of aryl methyl sites for hydroxylation is 1. The predicted molar refractivity (Wildman–Crippen MR) is 106 cm³/mol. The average Bonchev–Trinajstić information content (AvgIpc) is 2.99. The standard InChI is InChI=1S/C19H25N7.ClH/c1-24-10-8-21-17(24)14-26(16-11-19(16)3-6-20-7-4-19)13-15-12-25-9-2-5-22-18(25)23-15;/h2,5,8-10,12,16,20H,3-4,6-7,11,13-14H2,1H3;1H. The van der Waals surface area contributed by atoms with Gasteiger partial charge in [0.2, 0.25) is 5.78 Å². The molecule has 27 heavy (non-hydrogen) atoms. The van der Waals surface area contributed by atoms with Gasteiger partial charge in [0.15, 0.2) is 0 Å². The summed E-state index contributed by atoms with van der Waals surface area (Å²) in [5.41, 5.74) is 1.57. The van der Waals surface area contributed by atoms with Gasteiger partial charge in [-0.3, -0.25) is 9.30 Å². The quantitative estimate of drug-likeness (QED) is 0.725. The Morgan fingerprint density at radius 1 is 1.19 bits per heavy atom. The lowest BCUT2D eigenvalue weighted by atomic mass is 9.93. The highest BCUT2D eigenvalue weighted by atomic mass is 35.5. The zero-order valence-corrected chi connectivity index (χ0v) is 16.4. The zero-order chi connectivity index (χ0) is 17.6. The van der Waals surface area contributed by atoms with Crippen LogP contribution in [0, 0.1) is 5.41 Å². The van der Waals surface area contributed by atoms with Crippen LogP contribution < -0.4 is 5.32 Å². The summed E-state index contributed by atoms with van der Waals surface area (Å²) in [6, 6.07) is 2.56. The van der Waals surface area contributed by atoms with E-state index >= 15 is 0 Å². The van der Waals surface area contributed by atoms with Gasteiger partial charge in [-0.15, -0.1) is 12.4 Å². The monoisotopic (exact) mass is 387 g/mol. The highest BCUT2D eigenvalue weighted by molar-refractivity contribution is 5.85. The molecule has 2 aliphatic rings. The van der Waals surface area contributed by atoms with E-state index in [0.717, 1.165) is 43.5 Å². The molecular formula is C19H26ClN7. The molecule has 5 rings (SSSR count). The minimum absolute atomic E-state index is 0. The first kappa shape index (κ1) is 18.4. The van der Waals surface area contributed by atoms with E-state index < -0.39 is 0 Å². The molecule has 1 aliphatic heterocycles. The molecule has 1 saturated carbocycles. The molecule has 1 N–H and O–H groups in total. The Bertz CT molecular complexity index is 879. The third-order valence-electron chi connectivity index (χ3n) is 6.10. The van der Waals surface area contributed by atoms with Gasteiger partial charge in [0.25, 0.3) is 0 Å². The molecule has 2 fully saturated rings. The van der Waals surface area contributed by atoms with Gasteiger partial charge in [-0.05, 0) is 43.8 Å². The average molecular weight is 388 g/mol. The van der Waals surface area contributed by atoms with E-state index in [1.165, 1.54) is 19.3 Å². The summed E-state index contributed by atoms with van der Waals surface area (Å²) in [5, 5.41) is 3.50. The van der Waals surface area contributed by atoms with Crippen molar-refractivity contribution in [3.05, 3.63) is 48.6 Å². The number of piperidine rings is 1. The number of rotatable bonds is 5. The van der Waals surface area contributed by atoms with Crippen molar-refractivity contribution < 1.29 is 0 Å². The van der Waals surface area contributed by atoms with Crippen molar-refractivity contribution >= 4 is 18.2 Å². The van der Waals surface area contributed by atoms with Gasteiger partial charge >= 0.3 is 0 Å². The smallest absolute Gasteiger partial charge is 0.233 e. The van der Waals surface area contributed by atoms with Crippen LogP contribution in [-0.2, 0) is 20.1 Å². The van der Waals surface area contributed by atoms with Crippen LogP contribution in [0.1, 0.15) is 30.8 Å². The highest BCUT2D eigenvalue weighted by Crippen LogP contribution is 2.56. The molecule has 1 spiro atoms. The number of imidazole rings is 2. The molecule has 0 radical (unpaired) electrons. The van der Waals surface area contributed by atoms with E-state index in [9.17, 15) is 0 Å². The summed E-state index contributed by atoms with van der Waals surface area (Å²) in [6.45, 7) is 4.00. The fourth-order valence-electron chi connectivity index (χ4n) is 4.48. The summed E-state index contributed by atoms with van der Waals surface area (Å²) in [4.78, 5) is 16.2. The van der Waals surface area contributed by atoms with Gasteiger partial charge < -0.3 is 9.88 Å². The highest BCUT2D eigenvalue weighted by Gasteiger charge is 2.56. The van der Waals surface area contributed by atoms with Gasteiger partial charge in [0, 0.05) is 50.6 Å². The first-order chi connectivity index (χ1) is 12.7. The van der Waals surface area contributed by atoms with E-state index in [4.69, 9.17) is 4.98 Å².